The summed E-state index contributed by atoms with van der Waals surface area (Å²) in [5, 5.41) is 7.23. The maximum absolute atomic E-state index is 5.18. The molecule has 0 atom stereocenters. The molecule has 96 valence electrons. The molecule has 0 aliphatic rings. The van der Waals surface area contributed by atoms with E-state index in [9.17, 15) is 0 Å². The minimum atomic E-state index is 0.631. The van der Waals surface area contributed by atoms with E-state index >= 15 is 0 Å². The van der Waals surface area contributed by atoms with Crippen molar-refractivity contribution in [2.75, 3.05) is 32.7 Å². The number of hydrogen-bond donors (Lipinski definition) is 2. The van der Waals surface area contributed by atoms with Crippen molar-refractivity contribution in [2.24, 2.45) is 5.92 Å². The van der Waals surface area contributed by atoms with Gasteiger partial charge in [-0.05, 0) is 37.6 Å². The zero-order valence-electron chi connectivity index (χ0n) is 11.2. The van der Waals surface area contributed by atoms with Crippen molar-refractivity contribution >= 4 is 17.3 Å². The van der Waals surface area contributed by atoms with Crippen molar-refractivity contribution in [1.82, 2.24) is 15.5 Å². The average molecular weight is 245 g/mol. The van der Waals surface area contributed by atoms with Crippen LogP contribution >= 0.6 is 12.2 Å². The van der Waals surface area contributed by atoms with Gasteiger partial charge in [0.1, 0.15) is 0 Å². The predicted octanol–water partition coefficient (Wildman–Crippen LogP) is 1.84. The summed E-state index contributed by atoms with van der Waals surface area (Å²) in [5.74, 6) is 0.631. The number of nitrogens with zero attached hydrogens (tertiary/aromatic N) is 1. The molecule has 0 unspecified atom stereocenters. The highest BCUT2D eigenvalue weighted by Crippen LogP contribution is 1.89. The lowest BCUT2D eigenvalue weighted by atomic mass is 10.2. The van der Waals surface area contributed by atoms with E-state index in [2.05, 4.69) is 43.2 Å². The van der Waals surface area contributed by atoms with Crippen LogP contribution in [0.4, 0.5) is 0 Å². The summed E-state index contributed by atoms with van der Waals surface area (Å²) in [6.45, 7) is 14.0. The topological polar surface area (TPSA) is 27.3 Å². The molecule has 0 amide bonds. The molecule has 0 saturated carbocycles. The number of hydrogen-bond acceptors (Lipinski definition) is 2. The molecule has 3 nitrogen and oxygen atoms in total. The molecule has 0 aromatic rings. The summed E-state index contributed by atoms with van der Waals surface area (Å²) in [4.78, 5) is 2.43. The minimum Gasteiger partial charge on any atom is -0.362 e. The maximum Gasteiger partial charge on any atom is 0.166 e. The summed E-state index contributed by atoms with van der Waals surface area (Å²) in [6, 6.07) is 0. The maximum atomic E-state index is 5.18. The van der Waals surface area contributed by atoms with Gasteiger partial charge in [-0.1, -0.05) is 27.7 Å². The Labute approximate surface area is 106 Å². The lowest BCUT2D eigenvalue weighted by Crippen LogP contribution is -2.41. The van der Waals surface area contributed by atoms with Crippen molar-refractivity contribution in [3.05, 3.63) is 0 Å². The Morgan fingerprint density at radius 2 is 1.88 bits per heavy atom. The molecule has 0 aromatic heterocycles. The molecule has 0 aliphatic carbocycles. The summed E-state index contributed by atoms with van der Waals surface area (Å²) in [5.41, 5.74) is 0. The SMILES string of the molecule is CCCN(CC)CCNC(=S)NCC(C)C. The molecular formula is C12H27N3S. The predicted molar refractivity (Wildman–Crippen MR) is 75.8 cm³/mol. The van der Waals surface area contributed by atoms with E-state index in [-0.39, 0.29) is 0 Å². The summed E-state index contributed by atoms with van der Waals surface area (Å²) in [6.07, 6.45) is 1.21. The molecule has 0 spiro atoms. The molecule has 0 aliphatic heterocycles. The third kappa shape index (κ3) is 8.92. The first-order chi connectivity index (χ1) is 7.60. The van der Waals surface area contributed by atoms with Crippen molar-refractivity contribution < 1.29 is 0 Å². The third-order valence-corrected chi connectivity index (χ3v) is 2.66. The Balaban J connectivity index is 3.52. The van der Waals surface area contributed by atoms with Crippen LogP contribution in [0.25, 0.3) is 0 Å². The summed E-state index contributed by atoms with van der Waals surface area (Å²) >= 11 is 5.18. The molecular weight excluding hydrogens is 218 g/mol. The number of nitrogens with one attached hydrogen (secondary N) is 2. The zero-order chi connectivity index (χ0) is 12.4. The molecule has 16 heavy (non-hydrogen) atoms. The van der Waals surface area contributed by atoms with Crippen LogP contribution in [0.5, 0.6) is 0 Å². The second-order valence-electron chi connectivity index (χ2n) is 4.46. The summed E-state index contributed by atoms with van der Waals surface area (Å²) in [7, 11) is 0. The van der Waals surface area contributed by atoms with E-state index in [4.69, 9.17) is 12.2 Å². The quantitative estimate of drug-likeness (QED) is 0.638. The van der Waals surface area contributed by atoms with Gasteiger partial charge in [0, 0.05) is 19.6 Å². The van der Waals surface area contributed by atoms with Crippen molar-refractivity contribution in [3.63, 3.8) is 0 Å². The fourth-order valence-corrected chi connectivity index (χ4v) is 1.62. The Kier molecular flexibility index (Phi) is 9.63. The Bertz CT molecular complexity index is 183. The van der Waals surface area contributed by atoms with Crippen LogP contribution in [0.15, 0.2) is 0 Å². The molecule has 0 fully saturated rings. The van der Waals surface area contributed by atoms with E-state index in [1.807, 2.05) is 0 Å². The molecule has 0 aromatic carbocycles. The van der Waals surface area contributed by atoms with Gasteiger partial charge in [0.25, 0.3) is 0 Å². The fraction of sp³-hybridized carbons (Fsp3) is 0.917. The standard InChI is InChI=1S/C12H27N3S/c1-5-8-15(6-2)9-7-13-12(16)14-10-11(3)4/h11H,5-10H2,1-4H3,(H2,13,14,16). The van der Waals surface area contributed by atoms with Crippen LogP contribution < -0.4 is 10.6 Å². The lowest BCUT2D eigenvalue weighted by Gasteiger charge is -2.20. The highest BCUT2D eigenvalue weighted by Gasteiger charge is 2.01. The van der Waals surface area contributed by atoms with Crippen molar-refractivity contribution in [1.29, 1.82) is 0 Å². The van der Waals surface area contributed by atoms with Crippen LogP contribution in [-0.4, -0.2) is 42.7 Å². The zero-order valence-corrected chi connectivity index (χ0v) is 12.0. The van der Waals surface area contributed by atoms with E-state index in [0.717, 1.165) is 31.3 Å². The van der Waals surface area contributed by atoms with Gasteiger partial charge in [-0.25, -0.2) is 0 Å². The van der Waals surface area contributed by atoms with Crippen molar-refractivity contribution in [2.45, 2.75) is 34.1 Å². The number of likely N-dealkylation sites (N-methyl/N-ethyl adjacent to an activating group) is 1. The van der Waals surface area contributed by atoms with E-state index in [0.29, 0.717) is 5.92 Å². The smallest absolute Gasteiger partial charge is 0.166 e. The fourth-order valence-electron chi connectivity index (χ4n) is 1.43. The van der Waals surface area contributed by atoms with Gasteiger partial charge in [0.15, 0.2) is 5.11 Å². The second kappa shape index (κ2) is 9.85. The largest absolute Gasteiger partial charge is 0.362 e. The Morgan fingerprint density at radius 1 is 1.19 bits per heavy atom. The number of rotatable bonds is 8. The first-order valence-electron chi connectivity index (χ1n) is 6.34. The van der Waals surface area contributed by atoms with Gasteiger partial charge in [-0.2, -0.15) is 0 Å². The molecule has 0 bridgehead atoms. The molecule has 2 N–H and O–H groups in total. The van der Waals surface area contributed by atoms with Gasteiger partial charge >= 0.3 is 0 Å². The van der Waals surface area contributed by atoms with E-state index in [1.165, 1.54) is 13.0 Å². The summed E-state index contributed by atoms with van der Waals surface area (Å²) < 4.78 is 0. The molecule has 4 heteroatoms. The van der Waals surface area contributed by atoms with Crippen LogP contribution in [-0.2, 0) is 0 Å². The molecule has 0 rings (SSSR count). The first kappa shape index (κ1) is 15.7. The van der Waals surface area contributed by atoms with Crippen molar-refractivity contribution in [3.8, 4) is 0 Å². The number of thiocarbonyl (C=S) groups is 1. The van der Waals surface area contributed by atoms with E-state index in [1.54, 1.807) is 0 Å². The highest BCUT2D eigenvalue weighted by atomic mass is 32.1. The highest BCUT2D eigenvalue weighted by molar-refractivity contribution is 7.80. The van der Waals surface area contributed by atoms with Crippen LogP contribution in [0, 0.1) is 5.92 Å². The average Bonchev–Trinajstić information content (AvgIpc) is 2.25. The normalized spacial score (nSPS) is 10.9. The van der Waals surface area contributed by atoms with Crippen LogP contribution in [0.2, 0.25) is 0 Å². The first-order valence-corrected chi connectivity index (χ1v) is 6.75. The molecule has 0 radical (unpaired) electrons. The Hall–Kier alpha value is -0.350. The Morgan fingerprint density at radius 3 is 2.38 bits per heavy atom. The van der Waals surface area contributed by atoms with Gasteiger partial charge < -0.3 is 15.5 Å². The molecule has 0 heterocycles. The van der Waals surface area contributed by atoms with Gasteiger partial charge in [0.05, 0.1) is 0 Å². The minimum absolute atomic E-state index is 0.631. The second-order valence-corrected chi connectivity index (χ2v) is 4.87. The lowest BCUT2D eigenvalue weighted by molar-refractivity contribution is 0.293. The third-order valence-electron chi connectivity index (χ3n) is 2.37. The van der Waals surface area contributed by atoms with Gasteiger partial charge in [-0.3, -0.25) is 0 Å². The van der Waals surface area contributed by atoms with E-state index < -0.39 is 0 Å². The molecule has 0 saturated heterocycles. The van der Waals surface area contributed by atoms with Gasteiger partial charge in [-0.15, -0.1) is 0 Å². The monoisotopic (exact) mass is 245 g/mol. The van der Waals surface area contributed by atoms with Crippen LogP contribution in [0.3, 0.4) is 0 Å². The van der Waals surface area contributed by atoms with Crippen LogP contribution in [0.1, 0.15) is 34.1 Å². The van der Waals surface area contributed by atoms with Gasteiger partial charge in [0.2, 0.25) is 0 Å².